The number of unbranched alkanes of at least 4 members (excludes halogenated alkanes) is 2. The van der Waals surface area contributed by atoms with Gasteiger partial charge in [0.15, 0.2) is 0 Å². The molecule has 2 fully saturated rings. The van der Waals surface area contributed by atoms with E-state index < -0.39 is 5.97 Å². The van der Waals surface area contributed by atoms with E-state index in [1.807, 2.05) is 60.7 Å². The van der Waals surface area contributed by atoms with Crippen molar-refractivity contribution in [2.24, 2.45) is 11.8 Å². The molecule has 44 heavy (non-hydrogen) atoms. The molecule has 2 heterocycles. The maximum Gasteiger partial charge on any atom is 1.00 e. The molecule has 0 atom stereocenters. The molecule has 2 saturated heterocycles. The molecule has 10 nitrogen and oxygen atoms in total. The predicted octanol–water partition coefficient (Wildman–Crippen LogP) is 1.38. The van der Waals surface area contributed by atoms with Crippen LogP contribution in [0.4, 0.5) is 0 Å². The quantitative estimate of drug-likeness (QED) is 0.190. The first-order chi connectivity index (χ1) is 20.0. The molecular weight excluding hydrogens is 559 g/mol. The second-order valence-electron chi connectivity index (χ2n) is 10.8. The number of hydrogen-bond donors (Lipinski definition) is 1. The molecular formula is C33H51LiN2O8. The number of methoxy groups -OCH3 is 1. The third-order valence-electron chi connectivity index (χ3n) is 7.82. The maximum atomic E-state index is 11.5. The molecule has 2 aromatic rings. The number of benzene rings is 2. The van der Waals surface area contributed by atoms with Gasteiger partial charge in [0.25, 0.3) is 0 Å². The molecule has 4 N–H and O–H groups in total. The van der Waals surface area contributed by atoms with E-state index in [0.717, 1.165) is 115 Å². The van der Waals surface area contributed by atoms with Gasteiger partial charge in [0.2, 0.25) is 0 Å². The minimum absolute atomic E-state index is 0. The number of carboxylic acid groups (broad SMARTS) is 1. The summed E-state index contributed by atoms with van der Waals surface area (Å²) < 4.78 is 16.1. The molecule has 0 bridgehead atoms. The Balaban J connectivity index is 0.000000788. The largest absolute Gasteiger partial charge is 1.00 e. The zero-order valence-corrected chi connectivity index (χ0v) is 26.6. The van der Waals surface area contributed by atoms with Crippen LogP contribution in [0.5, 0.6) is 11.5 Å². The summed E-state index contributed by atoms with van der Waals surface area (Å²) in [7, 11) is 1.47. The smallest absolute Gasteiger partial charge is 0.870 e. The summed E-state index contributed by atoms with van der Waals surface area (Å²) >= 11 is 0. The SMILES string of the molecule is COC(=O)C1CCN(CCCCOc2ccccc2)CC1.O.O=C(O)C1CCN(CCCCOc2ccccc2)CC1.[Li+].[OH-]. The number of ether oxygens (including phenoxy) is 3. The Labute approximate surface area is 274 Å². The number of piperidine rings is 2. The van der Waals surface area contributed by atoms with Crippen LogP contribution in [0.2, 0.25) is 0 Å². The van der Waals surface area contributed by atoms with Gasteiger partial charge in [-0.3, -0.25) is 9.59 Å². The van der Waals surface area contributed by atoms with Crippen molar-refractivity contribution in [2.45, 2.75) is 51.4 Å². The standard InChI is InChI=1S/C17H25NO3.C16H23NO3.Li.2H2O/c1-20-17(19)15-9-12-18(13-10-15)11-5-6-14-21-16-7-3-2-4-8-16;18-16(19)14-8-11-17(12-9-14)10-4-5-13-20-15-6-2-1-3-7-15;;;/h2-4,7-8,15H,5-6,9-14H2,1H3;1-3,6-7,14H,4-5,8-13H2,(H,18,19);;2*1H2/q;;+1;;/p-1. The summed E-state index contributed by atoms with van der Waals surface area (Å²) in [6.07, 6.45) is 7.76. The van der Waals surface area contributed by atoms with Crippen molar-refractivity contribution in [1.82, 2.24) is 9.80 Å². The molecule has 242 valence electrons. The monoisotopic (exact) mass is 610 g/mol. The first-order valence-electron chi connectivity index (χ1n) is 15.2. The van der Waals surface area contributed by atoms with Crippen LogP contribution in [0.25, 0.3) is 0 Å². The normalized spacial score (nSPS) is 15.7. The van der Waals surface area contributed by atoms with E-state index in [9.17, 15) is 9.59 Å². The third-order valence-corrected chi connectivity index (χ3v) is 7.82. The summed E-state index contributed by atoms with van der Waals surface area (Å²) in [5.41, 5.74) is 0. The van der Waals surface area contributed by atoms with Crippen LogP contribution in [-0.2, 0) is 14.3 Å². The fraction of sp³-hybridized carbons (Fsp3) is 0.576. The van der Waals surface area contributed by atoms with Crippen molar-refractivity contribution in [2.75, 3.05) is 59.6 Å². The van der Waals surface area contributed by atoms with E-state index in [2.05, 4.69) is 9.80 Å². The number of hydrogen-bond acceptors (Lipinski definition) is 8. The number of carbonyl (C=O) groups is 2. The van der Waals surface area contributed by atoms with Crippen LogP contribution < -0.4 is 28.3 Å². The Morgan fingerprint density at radius 2 is 1.09 bits per heavy atom. The number of carboxylic acids is 1. The van der Waals surface area contributed by atoms with Gasteiger partial charge in [-0.1, -0.05) is 36.4 Å². The molecule has 0 aliphatic carbocycles. The van der Waals surface area contributed by atoms with E-state index in [0.29, 0.717) is 0 Å². The van der Waals surface area contributed by atoms with Crippen LogP contribution in [0.15, 0.2) is 60.7 Å². The van der Waals surface area contributed by atoms with Gasteiger partial charge < -0.3 is 40.1 Å². The first-order valence-corrected chi connectivity index (χ1v) is 15.2. The molecule has 0 spiro atoms. The van der Waals surface area contributed by atoms with Gasteiger partial charge in [-0.15, -0.1) is 0 Å². The Kier molecular flexibility index (Phi) is 23.3. The van der Waals surface area contributed by atoms with Crippen molar-refractivity contribution in [1.29, 1.82) is 0 Å². The van der Waals surface area contributed by atoms with Crippen molar-refractivity contribution in [3.05, 3.63) is 60.7 Å². The number of carbonyl (C=O) groups excluding carboxylic acids is 1. The van der Waals surface area contributed by atoms with Crippen molar-refractivity contribution < 1.29 is 58.7 Å². The minimum Gasteiger partial charge on any atom is -0.870 e. The summed E-state index contributed by atoms with van der Waals surface area (Å²) in [6, 6.07) is 19.8. The molecule has 2 aromatic carbocycles. The molecule has 2 aliphatic heterocycles. The number of likely N-dealkylation sites (tertiary alicyclic amines) is 2. The van der Waals surface area contributed by atoms with Gasteiger partial charge in [0, 0.05) is 0 Å². The molecule has 0 amide bonds. The number of rotatable bonds is 14. The fourth-order valence-electron chi connectivity index (χ4n) is 5.25. The van der Waals surface area contributed by atoms with Crippen molar-refractivity contribution >= 4 is 11.9 Å². The van der Waals surface area contributed by atoms with E-state index in [4.69, 9.17) is 19.3 Å². The molecule has 0 unspecified atom stereocenters. The molecule has 4 rings (SSSR count). The summed E-state index contributed by atoms with van der Waals surface area (Å²) in [5.74, 6) is 1.15. The molecule has 0 radical (unpaired) electrons. The third kappa shape index (κ3) is 16.5. The fourth-order valence-corrected chi connectivity index (χ4v) is 5.25. The van der Waals surface area contributed by atoms with E-state index in [-0.39, 0.29) is 47.6 Å². The maximum absolute atomic E-state index is 11.5. The Morgan fingerprint density at radius 3 is 1.45 bits per heavy atom. The molecule has 0 aromatic heterocycles. The Bertz CT molecular complexity index is 986. The van der Waals surface area contributed by atoms with Gasteiger partial charge >= 0.3 is 30.8 Å². The number of para-hydroxylation sites is 2. The minimum atomic E-state index is -0.638. The van der Waals surface area contributed by atoms with Gasteiger partial charge in [-0.25, -0.2) is 0 Å². The van der Waals surface area contributed by atoms with E-state index in [1.165, 1.54) is 7.11 Å². The molecule has 2 aliphatic rings. The summed E-state index contributed by atoms with van der Waals surface area (Å²) in [6.45, 7) is 7.47. The number of esters is 1. The Hall–Kier alpha value is -2.58. The average molecular weight is 611 g/mol. The zero-order valence-electron chi connectivity index (χ0n) is 26.6. The summed E-state index contributed by atoms with van der Waals surface area (Å²) in [4.78, 5) is 27.1. The second kappa shape index (κ2) is 24.7. The van der Waals surface area contributed by atoms with Gasteiger partial charge in [0.1, 0.15) is 11.5 Å². The van der Waals surface area contributed by atoms with E-state index in [1.54, 1.807) is 0 Å². The zero-order chi connectivity index (χ0) is 29.1. The van der Waals surface area contributed by atoms with Crippen molar-refractivity contribution in [3.8, 4) is 11.5 Å². The topological polar surface area (TPSA) is 150 Å². The van der Waals surface area contributed by atoms with Crippen LogP contribution in [0, 0.1) is 11.8 Å². The average Bonchev–Trinajstić information content (AvgIpc) is 3.02. The van der Waals surface area contributed by atoms with E-state index >= 15 is 0 Å². The Morgan fingerprint density at radius 1 is 0.705 bits per heavy atom. The second-order valence-corrected chi connectivity index (χ2v) is 10.8. The number of nitrogens with zero attached hydrogens (tertiary/aromatic N) is 2. The molecule has 0 saturated carbocycles. The van der Waals surface area contributed by atoms with Gasteiger partial charge in [-0.2, -0.15) is 0 Å². The molecule has 11 heteroatoms. The van der Waals surface area contributed by atoms with Crippen LogP contribution in [-0.4, -0.2) is 97.4 Å². The van der Waals surface area contributed by atoms with Crippen molar-refractivity contribution in [3.63, 3.8) is 0 Å². The van der Waals surface area contributed by atoms with Gasteiger partial charge in [-0.05, 0) is 115 Å². The van der Waals surface area contributed by atoms with Crippen LogP contribution in [0.1, 0.15) is 51.4 Å². The first kappa shape index (κ1) is 41.4. The predicted molar refractivity (Wildman–Crippen MR) is 166 cm³/mol. The van der Waals surface area contributed by atoms with Crippen LogP contribution >= 0.6 is 0 Å². The number of aliphatic carboxylic acids is 1. The van der Waals surface area contributed by atoms with Gasteiger partial charge in [0.05, 0.1) is 32.2 Å². The van der Waals surface area contributed by atoms with Crippen LogP contribution in [0.3, 0.4) is 0 Å². The summed E-state index contributed by atoms with van der Waals surface area (Å²) in [5, 5.41) is 8.94.